The smallest absolute Gasteiger partial charge is 0.256 e. The number of amides is 2. The van der Waals surface area contributed by atoms with Gasteiger partial charge in [0.15, 0.2) is 0 Å². The summed E-state index contributed by atoms with van der Waals surface area (Å²) >= 11 is 12.3. The van der Waals surface area contributed by atoms with Gasteiger partial charge in [-0.05, 0) is 34.9 Å². The quantitative estimate of drug-likeness (QED) is 0.549. The Morgan fingerprint density at radius 1 is 1.19 bits per heavy atom. The Labute approximate surface area is 160 Å². The summed E-state index contributed by atoms with van der Waals surface area (Å²) < 4.78 is 0. The van der Waals surface area contributed by atoms with Gasteiger partial charge in [0.2, 0.25) is 5.91 Å². The summed E-state index contributed by atoms with van der Waals surface area (Å²) in [5, 5.41) is 0.641. The van der Waals surface area contributed by atoms with Crippen LogP contribution in [0.2, 0.25) is 10.0 Å². The molecule has 0 bridgehead atoms. The van der Waals surface area contributed by atoms with Gasteiger partial charge in [0, 0.05) is 17.8 Å². The molecule has 1 aliphatic rings. The summed E-state index contributed by atoms with van der Waals surface area (Å²) in [6.45, 7) is 3.90. The van der Waals surface area contributed by atoms with Crippen molar-refractivity contribution in [1.29, 1.82) is 0 Å². The van der Waals surface area contributed by atoms with Gasteiger partial charge in [-0.2, -0.15) is 0 Å². The first-order chi connectivity index (χ1) is 12.2. The van der Waals surface area contributed by atoms with Crippen LogP contribution < -0.4 is 17.2 Å². The van der Waals surface area contributed by atoms with Crippen molar-refractivity contribution in [3.63, 3.8) is 0 Å². The lowest BCUT2D eigenvalue weighted by Crippen LogP contribution is -2.30. The van der Waals surface area contributed by atoms with Gasteiger partial charge in [0.05, 0.1) is 27.8 Å². The van der Waals surface area contributed by atoms with E-state index in [2.05, 4.69) is 6.58 Å². The maximum absolute atomic E-state index is 12.7. The Balaban J connectivity index is 2.08. The van der Waals surface area contributed by atoms with Crippen molar-refractivity contribution in [3.8, 4) is 11.1 Å². The number of nitrogens with zero attached hydrogens (tertiary/aromatic N) is 1. The molecule has 0 aromatic heterocycles. The van der Waals surface area contributed by atoms with E-state index in [1.165, 1.54) is 4.90 Å². The second-order valence-electron chi connectivity index (χ2n) is 6.04. The molecule has 2 aromatic carbocycles. The van der Waals surface area contributed by atoms with Crippen molar-refractivity contribution in [2.45, 2.75) is 6.54 Å². The highest BCUT2D eigenvalue weighted by molar-refractivity contribution is 6.39. The van der Waals surface area contributed by atoms with E-state index < -0.39 is 5.91 Å². The van der Waals surface area contributed by atoms with Crippen molar-refractivity contribution < 1.29 is 9.59 Å². The first-order valence-corrected chi connectivity index (χ1v) is 8.39. The van der Waals surface area contributed by atoms with E-state index in [9.17, 15) is 9.59 Å². The number of fused-ring (bicyclic) bond motifs is 1. The Bertz CT molecular complexity index is 949. The largest absolute Gasteiger partial charge is 0.398 e. The SMILES string of the molecule is C=C(CN1Cc2c(-c3cc(Cl)c(N)c(Cl)c3)ccc(N)c2C1=O)C(N)=O. The first-order valence-electron chi connectivity index (χ1n) is 7.63. The van der Waals surface area contributed by atoms with E-state index in [0.29, 0.717) is 32.5 Å². The molecule has 6 N–H and O–H groups in total. The maximum atomic E-state index is 12.7. The van der Waals surface area contributed by atoms with Crippen molar-refractivity contribution >= 4 is 46.4 Å². The highest BCUT2D eigenvalue weighted by Crippen LogP contribution is 2.39. The lowest BCUT2D eigenvalue weighted by Gasteiger charge is -2.16. The van der Waals surface area contributed by atoms with Gasteiger partial charge in [-0.15, -0.1) is 0 Å². The predicted octanol–water partition coefficient (Wildman–Crippen LogP) is 2.82. The van der Waals surface area contributed by atoms with E-state index in [1.54, 1.807) is 24.3 Å². The molecule has 0 atom stereocenters. The maximum Gasteiger partial charge on any atom is 0.256 e. The van der Waals surface area contributed by atoms with E-state index >= 15 is 0 Å². The molecule has 134 valence electrons. The zero-order valence-electron chi connectivity index (χ0n) is 13.7. The molecule has 1 heterocycles. The highest BCUT2D eigenvalue weighted by Gasteiger charge is 2.32. The number of halogens is 2. The van der Waals surface area contributed by atoms with Crippen LogP contribution in [0.15, 0.2) is 36.4 Å². The van der Waals surface area contributed by atoms with Crippen molar-refractivity contribution in [3.05, 3.63) is 57.6 Å². The van der Waals surface area contributed by atoms with Crippen LogP contribution in [-0.4, -0.2) is 23.3 Å². The average Bonchev–Trinajstić information content (AvgIpc) is 2.90. The monoisotopic (exact) mass is 390 g/mol. The van der Waals surface area contributed by atoms with Crippen LogP contribution in [0.5, 0.6) is 0 Å². The molecular weight excluding hydrogens is 375 g/mol. The number of hydrogen-bond acceptors (Lipinski definition) is 4. The van der Waals surface area contributed by atoms with E-state index in [0.717, 1.165) is 11.1 Å². The van der Waals surface area contributed by atoms with Gasteiger partial charge < -0.3 is 22.1 Å². The molecule has 0 fully saturated rings. The number of primary amides is 1. The van der Waals surface area contributed by atoms with Crippen LogP contribution in [0.25, 0.3) is 11.1 Å². The summed E-state index contributed by atoms with van der Waals surface area (Å²) in [4.78, 5) is 25.4. The lowest BCUT2D eigenvalue weighted by atomic mass is 9.95. The fourth-order valence-corrected chi connectivity index (χ4v) is 3.44. The van der Waals surface area contributed by atoms with Crippen LogP contribution in [0.3, 0.4) is 0 Å². The van der Waals surface area contributed by atoms with Crippen LogP contribution in [0, 0.1) is 0 Å². The van der Waals surface area contributed by atoms with Crippen LogP contribution in [-0.2, 0) is 11.3 Å². The van der Waals surface area contributed by atoms with Gasteiger partial charge in [0.25, 0.3) is 5.91 Å². The van der Waals surface area contributed by atoms with Crippen molar-refractivity contribution in [1.82, 2.24) is 4.90 Å². The molecule has 0 spiro atoms. The molecule has 2 aromatic rings. The average molecular weight is 391 g/mol. The third kappa shape index (κ3) is 2.98. The van der Waals surface area contributed by atoms with Crippen LogP contribution in [0.1, 0.15) is 15.9 Å². The Morgan fingerprint density at radius 3 is 2.38 bits per heavy atom. The normalized spacial score (nSPS) is 13.0. The summed E-state index contributed by atoms with van der Waals surface area (Å²) in [5.74, 6) is -0.937. The first kappa shape index (κ1) is 18.1. The molecule has 3 rings (SSSR count). The molecule has 0 radical (unpaired) electrons. The van der Waals surface area contributed by atoms with Gasteiger partial charge in [-0.25, -0.2) is 0 Å². The molecule has 8 heteroatoms. The number of carbonyl (C=O) groups is 2. The van der Waals surface area contributed by atoms with E-state index in [1.807, 2.05) is 0 Å². The second kappa shape index (κ2) is 6.55. The molecule has 0 aliphatic carbocycles. The molecular formula is C18H16Cl2N4O2. The highest BCUT2D eigenvalue weighted by atomic mass is 35.5. The number of carbonyl (C=O) groups excluding carboxylic acids is 2. The molecule has 0 saturated heterocycles. The molecule has 2 amide bonds. The summed E-state index contributed by atoms with van der Waals surface area (Å²) in [7, 11) is 0. The van der Waals surface area contributed by atoms with Crippen LogP contribution in [0.4, 0.5) is 11.4 Å². The topological polar surface area (TPSA) is 115 Å². The van der Waals surface area contributed by atoms with Gasteiger partial charge in [0.1, 0.15) is 0 Å². The summed E-state index contributed by atoms with van der Waals surface area (Å²) in [6, 6.07) is 6.82. The van der Waals surface area contributed by atoms with Crippen molar-refractivity contribution in [2.24, 2.45) is 5.73 Å². The lowest BCUT2D eigenvalue weighted by molar-refractivity contribution is -0.114. The van der Waals surface area contributed by atoms with Crippen molar-refractivity contribution in [2.75, 3.05) is 18.0 Å². The fourth-order valence-electron chi connectivity index (χ4n) is 2.95. The van der Waals surface area contributed by atoms with Crippen LogP contribution >= 0.6 is 23.2 Å². The zero-order chi connectivity index (χ0) is 19.2. The fraction of sp³-hybridized carbons (Fsp3) is 0.111. The van der Waals surface area contributed by atoms with Gasteiger partial charge >= 0.3 is 0 Å². The summed E-state index contributed by atoms with van der Waals surface area (Å²) in [6.07, 6.45) is 0. The van der Waals surface area contributed by atoms with E-state index in [4.69, 9.17) is 40.4 Å². The van der Waals surface area contributed by atoms with E-state index in [-0.39, 0.29) is 24.6 Å². The molecule has 0 saturated carbocycles. The zero-order valence-corrected chi connectivity index (χ0v) is 15.2. The molecule has 0 unspecified atom stereocenters. The minimum Gasteiger partial charge on any atom is -0.398 e. The molecule has 1 aliphatic heterocycles. The number of benzene rings is 2. The Morgan fingerprint density at radius 2 is 1.81 bits per heavy atom. The third-order valence-electron chi connectivity index (χ3n) is 4.32. The van der Waals surface area contributed by atoms with Gasteiger partial charge in [-0.3, -0.25) is 9.59 Å². The Hall–Kier alpha value is -2.70. The number of anilines is 2. The third-order valence-corrected chi connectivity index (χ3v) is 4.94. The molecule has 6 nitrogen and oxygen atoms in total. The minimum atomic E-state index is -0.654. The number of rotatable bonds is 4. The number of nitrogens with two attached hydrogens (primary N) is 3. The summed E-state index contributed by atoms with van der Waals surface area (Å²) in [5.41, 5.74) is 20.4. The predicted molar refractivity (Wildman–Crippen MR) is 104 cm³/mol. The van der Waals surface area contributed by atoms with Gasteiger partial charge in [-0.1, -0.05) is 35.8 Å². The Kier molecular flexibility index (Phi) is 4.56. The second-order valence-corrected chi connectivity index (χ2v) is 6.85. The number of hydrogen-bond donors (Lipinski definition) is 3. The molecule has 26 heavy (non-hydrogen) atoms. The minimum absolute atomic E-state index is 0.0327. The standard InChI is InChI=1S/C18H16Cl2N4O2/c1-8(17(23)25)6-24-7-11-10(2-3-14(21)15(11)18(24)26)9-4-12(19)16(22)13(20)5-9/h2-5H,1,6-7,21-22H2,(H2,23,25). The number of nitrogen functional groups attached to an aromatic ring is 2.